The van der Waals surface area contributed by atoms with E-state index in [1.54, 1.807) is 22.8 Å². The predicted molar refractivity (Wildman–Crippen MR) is 87.1 cm³/mol. The van der Waals surface area contributed by atoms with Crippen LogP contribution in [0.1, 0.15) is 39.8 Å². The summed E-state index contributed by atoms with van der Waals surface area (Å²) in [4.78, 5) is 0. The van der Waals surface area contributed by atoms with Gasteiger partial charge in [0.15, 0.2) is 11.4 Å². The summed E-state index contributed by atoms with van der Waals surface area (Å²) in [6, 6.07) is 5.31. The SMILES string of the molecule is CC[C@H]1OC(O)(c2ccc3c(N)ccnn23)[C@]2(C)OC(C)(C)O[C@H]12. The molecule has 4 heterocycles. The number of nitrogens with two attached hydrogens (primary N) is 1. The maximum atomic E-state index is 11.6. The Kier molecular flexibility index (Phi) is 3.10. The smallest absolute Gasteiger partial charge is 0.243 e. The fraction of sp³-hybridized carbons (Fsp3) is 0.588. The number of hydrogen-bond donors (Lipinski definition) is 2. The number of hydrogen-bond acceptors (Lipinski definition) is 6. The second-order valence-electron chi connectivity index (χ2n) is 7.16. The predicted octanol–water partition coefficient (Wildman–Crippen LogP) is 1.78. The van der Waals surface area contributed by atoms with Crippen molar-refractivity contribution >= 4 is 11.2 Å². The molecule has 2 aromatic rings. The highest BCUT2D eigenvalue weighted by Crippen LogP contribution is 2.55. The Bertz CT molecular complexity index is 804. The molecule has 0 bridgehead atoms. The summed E-state index contributed by atoms with van der Waals surface area (Å²) in [6.45, 7) is 7.51. The molecule has 7 nitrogen and oxygen atoms in total. The molecule has 0 saturated carbocycles. The molecule has 24 heavy (non-hydrogen) atoms. The van der Waals surface area contributed by atoms with Crippen LogP contribution in [0.25, 0.3) is 5.52 Å². The minimum absolute atomic E-state index is 0.284. The highest BCUT2D eigenvalue weighted by Gasteiger charge is 2.71. The topological polar surface area (TPSA) is 91.2 Å². The van der Waals surface area contributed by atoms with E-state index in [1.807, 2.05) is 33.8 Å². The van der Waals surface area contributed by atoms with Crippen LogP contribution < -0.4 is 5.73 Å². The third kappa shape index (κ3) is 1.84. The summed E-state index contributed by atoms with van der Waals surface area (Å²) in [5.41, 5.74) is 6.72. The quantitative estimate of drug-likeness (QED) is 0.870. The molecule has 0 amide bonds. The molecule has 4 atom stereocenters. The normalized spacial score (nSPS) is 37.9. The lowest BCUT2D eigenvalue weighted by molar-refractivity contribution is -0.310. The summed E-state index contributed by atoms with van der Waals surface area (Å²) in [6.07, 6.45) is 1.63. The maximum Gasteiger partial charge on any atom is 0.243 e. The van der Waals surface area contributed by atoms with Crippen molar-refractivity contribution < 1.29 is 19.3 Å². The van der Waals surface area contributed by atoms with Crippen molar-refractivity contribution in [2.24, 2.45) is 0 Å². The van der Waals surface area contributed by atoms with E-state index in [0.29, 0.717) is 23.3 Å². The van der Waals surface area contributed by atoms with Crippen LogP contribution in [0.15, 0.2) is 24.4 Å². The molecule has 130 valence electrons. The third-order valence-electron chi connectivity index (χ3n) is 5.08. The number of nitrogens with zero attached hydrogens (tertiary/aromatic N) is 2. The Morgan fingerprint density at radius 3 is 2.71 bits per heavy atom. The Hall–Kier alpha value is -1.67. The van der Waals surface area contributed by atoms with Crippen LogP contribution in [-0.2, 0) is 20.0 Å². The first kappa shape index (κ1) is 15.8. The van der Waals surface area contributed by atoms with Crippen molar-refractivity contribution in [3.63, 3.8) is 0 Å². The molecule has 2 aromatic heterocycles. The highest BCUT2D eigenvalue weighted by molar-refractivity contribution is 5.69. The lowest BCUT2D eigenvalue weighted by atomic mass is 9.87. The lowest BCUT2D eigenvalue weighted by Crippen LogP contribution is -2.52. The summed E-state index contributed by atoms with van der Waals surface area (Å²) < 4.78 is 19.8. The molecule has 1 unspecified atom stereocenters. The van der Waals surface area contributed by atoms with Gasteiger partial charge in [0.05, 0.1) is 17.3 Å². The number of rotatable bonds is 2. The first-order valence-electron chi connectivity index (χ1n) is 8.23. The van der Waals surface area contributed by atoms with Crippen LogP contribution in [0.2, 0.25) is 0 Å². The van der Waals surface area contributed by atoms with Gasteiger partial charge in [-0.1, -0.05) is 6.92 Å². The zero-order valence-electron chi connectivity index (χ0n) is 14.3. The van der Waals surface area contributed by atoms with Crippen LogP contribution in [0.5, 0.6) is 0 Å². The average Bonchev–Trinajstić information content (AvgIpc) is 3.10. The van der Waals surface area contributed by atoms with Crippen molar-refractivity contribution in [1.29, 1.82) is 0 Å². The third-order valence-corrected chi connectivity index (χ3v) is 5.08. The van der Waals surface area contributed by atoms with Gasteiger partial charge in [-0.2, -0.15) is 5.10 Å². The van der Waals surface area contributed by atoms with Crippen molar-refractivity contribution in [2.75, 3.05) is 5.73 Å². The highest BCUT2D eigenvalue weighted by atomic mass is 16.8. The van der Waals surface area contributed by atoms with E-state index in [2.05, 4.69) is 5.10 Å². The van der Waals surface area contributed by atoms with Crippen molar-refractivity contribution in [3.05, 3.63) is 30.1 Å². The van der Waals surface area contributed by atoms with E-state index in [-0.39, 0.29) is 12.2 Å². The average molecular weight is 333 g/mol. The van der Waals surface area contributed by atoms with Gasteiger partial charge in [-0.15, -0.1) is 0 Å². The molecule has 0 radical (unpaired) electrons. The molecular formula is C17H23N3O4. The van der Waals surface area contributed by atoms with Gasteiger partial charge < -0.3 is 25.1 Å². The number of aromatic nitrogens is 2. The monoisotopic (exact) mass is 333 g/mol. The Morgan fingerprint density at radius 1 is 1.25 bits per heavy atom. The fourth-order valence-electron chi connectivity index (χ4n) is 4.01. The van der Waals surface area contributed by atoms with Crippen LogP contribution >= 0.6 is 0 Å². The zero-order chi connectivity index (χ0) is 17.3. The van der Waals surface area contributed by atoms with Gasteiger partial charge in [-0.05, 0) is 45.4 Å². The van der Waals surface area contributed by atoms with E-state index in [4.69, 9.17) is 19.9 Å². The van der Waals surface area contributed by atoms with Crippen molar-refractivity contribution in [1.82, 2.24) is 9.61 Å². The number of aliphatic hydroxyl groups is 1. The van der Waals surface area contributed by atoms with Crippen LogP contribution in [0, 0.1) is 0 Å². The van der Waals surface area contributed by atoms with Crippen LogP contribution in [0.3, 0.4) is 0 Å². The van der Waals surface area contributed by atoms with Crippen molar-refractivity contribution in [2.45, 2.75) is 63.5 Å². The van der Waals surface area contributed by atoms with E-state index in [9.17, 15) is 5.11 Å². The molecule has 2 saturated heterocycles. The lowest BCUT2D eigenvalue weighted by Gasteiger charge is -2.36. The fourth-order valence-corrected chi connectivity index (χ4v) is 4.01. The Morgan fingerprint density at radius 2 is 2.00 bits per heavy atom. The number of ether oxygens (including phenoxy) is 3. The van der Waals surface area contributed by atoms with Gasteiger partial charge in [-0.3, -0.25) is 0 Å². The molecule has 2 fully saturated rings. The Labute approximate surface area is 140 Å². The summed E-state index contributed by atoms with van der Waals surface area (Å²) in [7, 11) is 0. The number of nitrogen functional groups attached to an aromatic ring is 1. The van der Waals surface area contributed by atoms with Gasteiger partial charge in [0.25, 0.3) is 0 Å². The number of anilines is 1. The van der Waals surface area contributed by atoms with Crippen LogP contribution in [-0.4, -0.2) is 38.3 Å². The molecule has 7 heteroatoms. The standard InChI is InChI=1S/C17H23N3O4/c1-5-12-14-16(4,24-15(2,3)23-14)17(21,22-12)13-7-6-11-10(18)8-9-19-20(11)13/h6-9,12,14,21H,5,18H2,1-4H3/t12-,14-,16-,17?/m1/s1. The summed E-state index contributed by atoms with van der Waals surface area (Å²) in [5, 5.41) is 15.9. The van der Waals surface area contributed by atoms with E-state index >= 15 is 0 Å². The van der Waals surface area contributed by atoms with Gasteiger partial charge in [-0.25, -0.2) is 4.52 Å². The van der Waals surface area contributed by atoms with Gasteiger partial charge in [0, 0.05) is 6.20 Å². The second-order valence-corrected chi connectivity index (χ2v) is 7.16. The molecule has 0 aliphatic carbocycles. The minimum atomic E-state index is -1.70. The molecule has 2 aliphatic rings. The summed E-state index contributed by atoms with van der Waals surface area (Å²) >= 11 is 0. The molecule has 4 rings (SSSR count). The van der Waals surface area contributed by atoms with E-state index in [1.165, 1.54) is 0 Å². The summed E-state index contributed by atoms with van der Waals surface area (Å²) in [5.74, 6) is -2.50. The maximum absolute atomic E-state index is 11.6. The van der Waals surface area contributed by atoms with Gasteiger partial charge in [0.2, 0.25) is 5.79 Å². The van der Waals surface area contributed by atoms with Crippen LogP contribution in [0.4, 0.5) is 5.69 Å². The van der Waals surface area contributed by atoms with Gasteiger partial charge in [0.1, 0.15) is 11.8 Å². The zero-order valence-corrected chi connectivity index (χ0v) is 14.3. The van der Waals surface area contributed by atoms with E-state index < -0.39 is 17.2 Å². The minimum Gasteiger partial charge on any atom is -0.397 e. The number of fused-ring (bicyclic) bond motifs is 2. The first-order chi connectivity index (χ1) is 11.2. The first-order valence-corrected chi connectivity index (χ1v) is 8.23. The molecule has 0 spiro atoms. The second kappa shape index (κ2) is 4.70. The van der Waals surface area contributed by atoms with Crippen molar-refractivity contribution in [3.8, 4) is 0 Å². The van der Waals surface area contributed by atoms with E-state index in [0.717, 1.165) is 0 Å². The molecule has 0 aromatic carbocycles. The molecule has 2 aliphatic heterocycles. The molecular weight excluding hydrogens is 310 g/mol. The largest absolute Gasteiger partial charge is 0.397 e. The van der Waals surface area contributed by atoms with Gasteiger partial charge >= 0.3 is 0 Å². The molecule has 3 N–H and O–H groups in total. The Balaban J connectivity index is 1.91.